The highest BCUT2D eigenvalue weighted by molar-refractivity contribution is 7.80. The van der Waals surface area contributed by atoms with E-state index in [0.717, 1.165) is 12.1 Å². The molecule has 2 aromatic rings. The Morgan fingerprint density at radius 3 is 2.59 bits per heavy atom. The van der Waals surface area contributed by atoms with Gasteiger partial charge in [0.2, 0.25) is 3.79 Å². The van der Waals surface area contributed by atoms with Gasteiger partial charge in [0, 0.05) is 37.3 Å². The minimum atomic E-state index is -1.90. The number of carbonyl (C=O) groups excluding carboxylic acids is 1. The van der Waals surface area contributed by atoms with Gasteiger partial charge < -0.3 is 24.8 Å². The zero-order valence-electron chi connectivity index (χ0n) is 17.8. The van der Waals surface area contributed by atoms with Gasteiger partial charge in [-0.15, -0.1) is 0 Å². The van der Waals surface area contributed by atoms with Gasteiger partial charge in [-0.25, -0.2) is 4.39 Å². The number of hydrogen-bond donors (Lipinski definition) is 2. The Morgan fingerprint density at radius 1 is 1.15 bits per heavy atom. The van der Waals surface area contributed by atoms with Crippen molar-refractivity contribution in [2.24, 2.45) is 5.92 Å². The maximum Gasteiger partial charge on any atom is 0.259 e. The monoisotopic (exact) mass is 546 g/mol. The Bertz CT molecular complexity index is 1130. The van der Waals surface area contributed by atoms with E-state index < -0.39 is 21.7 Å². The predicted octanol–water partition coefficient (Wildman–Crippen LogP) is 3.17. The molecule has 0 unspecified atom stereocenters. The first-order chi connectivity index (χ1) is 16.1. The molecule has 1 aromatic carbocycles. The van der Waals surface area contributed by atoms with Gasteiger partial charge in [-0.3, -0.25) is 9.59 Å². The van der Waals surface area contributed by atoms with Crippen LogP contribution in [-0.2, 0) is 11.3 Å². The Hall–Kier alpha value is -2.07. The molecule has 2 aliphatic rings. The number of amides is 1. The van der Waals surface area contributed by atoms with Crippen molar-refractivity contribution in [2.75, 3.05) is 19.7 Å². The first-order valence-corrected chi connectivity index (χ1v) is 12.1. The first-order valence-electron chi connectivity index (χ1n) is 10.6. The maximum absolute atomic E-state index is 13.0. The zero-order valence-corrected chi connectivity index (χ0v) is 20.9. The Labute approximate surface area is 216 Å². The maximum atomic E-state index is 13.0. The first kappa shape index (κ1) is 25.0. The molecule has 34 heavy (non-hydrogen) atoms. The Kier molecular flexibility index (Phi) is 7.57. The van der Waals surface area contributed by atoms with Crippen LogP contribution in [0.5, 0.6) is 5.75 Å². The number of rotatable bonds is 5. The molecule has 2 N–H and O–H groups in total. The molecule has 3 heterocycles. The number of thiocarbonyl (C=S) groups is 1. The van der Waals surface area contributed by atoms with Crippen molar-refractivity contribution in [3.63, 3.8) is 0 Å². The van der Waals surface area contributed by atoms with Gasteiger partial charge in [-0.1, -0.05) is 40.9 Å². The minimum Gasteiger partial charge on any atom is -0.484 e. The number of likely N-dealkylation sites (tertiary alicyclic amines) is 1. The quantitative estimate of drug-likeness (QED) is 0.340. The predicted molar refractivity (Wildman–Crippen MR) is 133 cm³/mol. The van der Waals surface area contributed by atoms with Crippen molar-refractivity contribution in [1.29, 1.82) is 0 Å². The van der Waals surface area contributed by atoms with E-state index in [1.807, 2.05) is 15.5 Å². The number of halogens is 4. The van der Waals surface area contributed by atoms with Crippen molar-refractivity contribution in [2.45, 2.75) is 28.8 Å². The molecule has 7 nitrogen and oxygen atoms in total. The fourth-order valence-electron chi connectivity index (χ4n) is 4.36. The van der Waals surface area contributed by atoms with Crippen LogP contribution in [0.1, 0.15) is 18.0 Å². The second-order valence-corrected chi connectivity index (χ2v) is 11.1. The summed E-state index contributed by atoms with van der Waals surface area (Å²) in [5, 5.41) is 5.85. The lowest BCUT2D eigenvalue weighted by atomic mass is 9.83. The molecule has 1 amide bonds. The zero-order chi connectivity index (χ0) is 24.5. The van der Waals surface area contributed by atoms with E-state index in [-0.39, 0.29) is 24.0 Å². The topological polar surface area (TPSA) is 75.6 Å². The highest BCUT2D eigenvalue weighted by Crippen LogP contribution is 2.35. The summed E-state index contributed by atoms with van der Waals surface area (Å²) in [6, 6.07) is 10.6. The van der Waals surface area contributed by atoms with E-state index in [4.69, 9.17) is 51.8 Å². The molecule has 2 aliphatic heterocycles. The lowest BCUT2D eigenvalue weighted by molar-refractivity contribution is -0.123. The van der Waals surface area contributed by atoms with E-state index in [2.05, 4.69) is 10.6 Å². The number of aromatic nitrogens is 1. The summed E-state index contributed by atoms with van der Waals surface area (Å²) in [5.41, 5.74) is 0.989. The van der Waals surface area contributed by atoms with Gasteiger partial charge in [-0.05, 0) is 54.9 Å². The molecule has 1 fully saturated rings. The summed E-state index contributed by atoms with van der Waals surface area (Å²) in [5.74, 6) is -0.255. The third-order valence-electron chi connectivity index (χ3n) is 5.85. The van der Waals surface area contributed by atoms with Crippen LogP contribution in [-0.4, -0.2) is 50.1 Å². The summed E-state index contributed by atoms with van der Waals surface area (Å²) < 4.78 is 18.3. The number of alkyl halides is 3. The summed E-state index contributed by atoms with van der Waals surface area (Å²) in [6.07, 6.45) is -0.153. The van der Waals surface area contributed by atoms with E-state index >= 15 is 0 Å². The SMILES string of the molecule is O=C(COc1ccc(F)cc1)N[C@H](NC(=S)N1C[C@@H]2C[C@@H](C1)c1cccc(=O)n1C2)C(Cl)(Cl)Cl. The van der Waals surface area contributed by atoms with Crippen LogP contribution < -0.4 is 20.9 Å². The summed E-state index contributed by atoms with van der Waals surface area (Å²) in [7, 11) is 0. The van der Waals surface area contributed by atoms with Crippen molar-refractivity contribution >= 4 is 58.0 Å². The van der Waals surface area contributed by atoms with Crippen molar-refractivity contribution in [3.8, 4) is 5.75 Å². The molecule has 0 radical (unpaired) electrons. The van der Waals surface area contributed by atoms with Gasteiger partial charge in [-0.2, -0.15) is 0 Å². The molecular formula is C22H22Cl3FN4O3S. The lowest BCUT2D eigenvalue weighted by Gasteiger charge is -2.44. The second kappa shape index (κ2) is 10.3. The van der Waals surface area contributed by atoms with Crippen LogP contribution in [0, 0.1) is 11.7 Å². The van der Waals surface area contributed by atoms with Crippen LogP contribution in [0.2, 0.25) is 0 Å². The van der Waals surface area contributed by atoms with E-state index in [1.54, 1.807) is 12.1 Å². The number of ether oxygens (including phenoxy) is 1. The van der Waals surface area contributed by atoms with Gasteiger partial charge in [0.05, 0.1) is 0 Å². The highest BCUT2D eigenvalue weighted by atomic mass is 35.6. The summed E-state index contributed by atoms with van der Waals surface area (Å²) in [4.78, 5) is 26.6. The molecule has 182 valence electrons. The lowest BCUT2D eigenvalue weighted by Crippen LogP contribution is -2.60. The summed E-state index contributed by atoms with van der Waals surface area (Å²) in [6.45, 7) is 1.49. The van der Waals surface area contributed by atoms with Gasteiger partial charge in [0.25, 0.3) is 11.5 Å². The number of nitrogens with zero attached hydrogens (tertiary/aromatic N) is 2. The standard InChI is InChI=1S/C22H22Cl3FN4O3S/c23-22(24,25)20(27-18(31)12-33-16-6-4-15(26)5-7-16)28-21(34)29-9-13-8-14(11-29)17-2-1-3-19(32)30(17)10-13/h1-7,13-14,20H,8-12H2,(H,27,31)(H,28,34)/t13-,14-,20+/m0/s1. The van der Waals surface area contributed by atoms with Crippen LogP contribution in [0.3, 0.4) is 0 Å². The third kappa shape index (κ3) is 5.94. The van der Waals surface area contributed by atoms with Crippen LogP contribution in [0.4, 0.5) is 4.39 Å². The number of nitrogens with one attached hydrogen (secondary N) is 2. The number of benzene rings is 1. The molecule has 2 bridgehead atoms. The Balaban J connectivity index is 1.38. The molecule has 4 rings (SSSR count). The smallest absolute Gasteiger partial charge is 0.259 e. The van der Waals surface area contributed by atoms with Gasteiger partial charge in [0.15, 0.2) is 11.7 Å². The van der Waals surface area contributed by atoms with Gasteiger partial charge >= 0.3 is 0 Å². The van der Waals surface area contributed by atoms with Crippen LogP contribution in [0.25, 0.3) is 0 Å². The van der Waals surface area contributed by atoms with Crippen molar-refractivity contribution in [1.82, 2.24) is 20.1 Å². The molecule has 0 aliphatic carbocycles. The van der Waals surface area contributed by atoms with E-state index in [1.165, 1.54) is 24.3 Å². The number of pyridine rings is 1. The molecule has 0 saturated carbocycles. The van der Waals surface area contributed by atoms with E-state index in [9.17, 15) is 14.0 Å². The normalized spacial score (nSPS) is 20.2. The molecular weight excluding hydrogens is 526 g/mol. The number of hydrogen-bond acceptors (Lipinski definition) is 4. The fraction of sp³-hybridized carbons (Fsp3) is 0.409. The largest absolute Gasteiger partial charge is 0.484 e. The molecule has 1 saturated heterocycles. The molecule has 1 aromatic heterocycles. The fourth-order valence-corrected chi connectivity index (χ4v) is 4.95. The average molecular weight is 548 g/mol. The van der Waals surface area contributed by atoms with Crippen molar-refractivity contribution < 1.29 is 13.9 Å². The molecule has 12 heteroatoms. The number of piperidine rings is 1. The molecule has 3 atom stereocenters. The minimum absolute atomic E-state index is 0.00295. The average Bonchev–Trinajstić information content (AvgIpc) is 2.78. The third-order valence-corrected chi connectivity index (χ3v) is 6.88. The van der Waals surface area contributed by atoms with Gasteiger partial charge in [0.1, 0.15) is 17.7 Å². The number of carbonyl (C=O) groups is 1. The van der Waals surface area contributed by atoms with Crippen LogP contribution in [0.15, 0.2) is 47.3 Å². The van der Waals surface area contributed by atoms with Crippen molar-refractivity contribution in [3.05, 3.63) is 64.3 Å². The van der Waals surface area contributed by atoms with E-state index in [0.29, 0.717) is 30.5 Å². The number of fused-ring (bicyclic) bond motifs is 4. The van der Waals surface area contributed by atoms with Crippen LogP contribution >= 0.6 is 47.0 Å². The highest BCUT2D eigenvalue weighted by Gasteiger charge is 2.38. The second-order valence-electron chi connectivity index (χ2n) is 8.34. The summed E-state index contributed by atoms with van der Waals surface area (Å²) >= 11 is 23.9. The molecule has 0 spiro atoms. The Morgan fingerprint density at radius 2 is 1.88 bits per heavy atom.